The minimum Gasteiger partial charge on any atom is -0.393 e. The topological polar surface area (TPSA) is 60.7 Å². The Morgan fingerprint density at radius 3 is 2.40 bits per heavy atom. The summed E-state index contributed by atoms with van der Waals surface area (Å²) in [5, 5.41) is 34.8. The molecule has 4 aliphatic rings. The van der Waals surface area contributed by atoms with Crippen LogP contribution in [-0.2, 0) is 0 Å². The quantitative estimate of drug-likeness (QED) is 0.576. The van der Waals surface area contributed by atoms with E-state index in [1.165, 1.54) is 0 Å². The predicted molar refractivity (Wildman–Crippen MR) is 97.7 cm³/mol. The lowest BCUT2D eigenvalue weighted by molar-refractivity contribution is -0.183. The fourth-order valence-corrected chi connectivity index (χ4v) is 7.66. The lowest BCUT2D eigenvalue weighted by atomic mass is 9.43. The van der Waals surface area contributed by atoms with Crippen LogP contribution >= 0.6 is 11.6 Å². The molecule has 4 aliphatic carbocycles. The number of aliphatic hydroxyl groups excluding tert-OH is 2. The lowest BCUT2D eigenvalue weighted by Gasteiger charge is -2.62. The maximum atomic E-state index is 11.2. The zero-order chi connectivity index (χ0) is 18.0. The van der Waals surface area contributed by atoms with Crippen LogP contribution in [0.15, 0.2) is 0 Å². The SMILES string of the molecule is C[C@]12CCC(O)CC1CC(O)[C@@H]1[C@H]2CC[C@@]2(C)[C@H]1CCC2(O)C#CCl. The molecule has 0 spiro atoms. The second-order valence-corrected chi connectivity index (χ2v) is 9.99. The molecule has 4 unspecified atom stereocenters. The van der Waals surface area contributed by atoms with Crippen LogP contribution in [0.1, 0.15) is 65.2 Å². The molecule has 0 radical (unpaired) electrons. The summed E-state index contributed by atoms with van der Waals surface area (Å²) in [6, 6.07) is 0. The predicted octanol–water partition coefficient (Wildman–Crippen LogP) is 3.29. The van der Waals surface area contributed by atoms with E-state index in [1.807, 2.05) is 0 Å². The third kappa shape index (κ3) is 2.37. The van der Waals surface area contributed by atoms with E-state index in [2.05, 4.69) is 25.1 Å². The van der Waals surface area contributed by atoms with E-state index in [-0.39, 0.29) is 29.0 Å². The van der Waals surface area contributed by atoms with Crippen molar-refractivity contribution in [1.29, 1.82) is 0 Å². The summed E-state index contributed by atoms with van der Waals surface area (Å²) in [6.45, 7) is 4.56. The Balaban J connectivity index is 1.69. The minimum absolute atomic E-state index is 0.203. The largest absolute Gasteiger partial charge is 0.393 e. The fraction of sp³-hybridized carbons (Fsp3) is 0.905. The van der Waals surface area contributed by atoms with Gasteiger partial charge in [-0.2, -0.15) is 0 Å². The Bertz CT molecular complexity index is 612. The number of hydrogen-bond acceptors (Lipinski definition) is 3. The van der Waals surface area contributed by atoms with Crippen LogP contribution in [0.3, 0.4) is 0 Å². The first-order valence-electron chi connectivity index (χ1n) is 9.96. The molecule has 140 valence electrons. The molecule has 0 amide bonds. The first-order chi connectivity index (χ1) is 11.7. The molecule has 4 rings (SSSR count). The van der Waals surface area contributed by atoms with Gasteiger partial charge in [-0.3, -0.25) is 0 Å². The zero-order valence-corrected chi connectivity index (χ0v) is 16.1. The molecule has 0 aromatic rings. The van der Waals surface area contributed by atoms with Crippen LogP contribution in [0, 0.1) is 45.8 Å². The average Bonchev–Trinajstić information content (AvgIpc) is 2.81. The number of fused-ring (bicyclic) bond motifs is 5. The van der Waals surface area contributed by atoms with Gasteiger partial charge in [0.05, 0.1) is 12.2 Å². The highest BCUT2D eigenvalue weighted by atomic mass is 35.5. The van der Waals surface area contributed by atoms with Crippen molar-refractivity contribution in [3.63, 3.8) is 0 Å². The monoisotopic (exact) mass is 366 g/mol. The second kappa shape index (κ2) is 5.86. The number of aliphatic hydroxyl groups is 3. The van der Waals surface area contributed by atoms with Crippen molar-refractivity contribution < 1.29 is 15.3 Å². The van der Waals surface area contributed by atoms with E-state index >= 15 is 0 Å². The van der Waals surface area contributed by atoms with Gasteiger partial charge in [0.1, 0.15) is 5.60 Å². The molecule has 4 fully saturated rings. The first kappa shape index (κ1) is 18.1. The Hall–Kier alpha value is -0.270. The number of hydrogen-bond donors (Lipinski definition) is 3. The third-order valence-electron chi connectivity index (χ3n) is 9.06. The van der Waals surface area contributed by atoms with Crippen LogP contribution in [0.5, 0.6) is 0 Å². The van der Waals surface area contributed by atoms with Crippen LogP contribution in [0.25, 0.3) is 0 Å². The second-order valence-electron chi connectivity index (χ2n) is 9.80. The van der Waals surface area contributed by atoms with Gasteiger partial charge in [0.2, 0.25) is 0 Å². The summed E-state index contributed by atoms with van der Waals surface area (Å²) < 4.78 is 0. The van der Waals surface area contributed by atoms with Gasteiger partial charge in [0, 0.05) is 10.8 Å². The van der Waals surface area contributed by atoms with E-state index in [9.17, 15) is 15.3 Å². The van der Waals surface area contributed by atoms with Gasteiger partial charge in [-0.1, -0.05) is 19.8 Å². The summed E-state index contributed by atoms with van der Waals surface area (Å²) >= 11 is 5.66. The molecule has 0 aromatic heterocycles. The molecular formula is C21H31ClO3. The van der Waals surface area contributed by atoms with Gasteiger partial charge in [-0.05, 0) is 92.1 Å². The average molecular weight is 367 g/mol. The molecule has 0 heterocycles. The molecule has 0 saturated heterocycles. The highest BCUT2D eigenvalue weighted by molar-refractivity contribution is 6.30. The Morgan fingerprint density at radius 1 is 0.960 bits per heavy atom. The van der Waals surface area contributed by atoms with E-state index in [1.54, 1.807) is 0 Å². The van der Waals surface area contributed by atoms with Crippen molar-refractivity contribution in [3.8, 4) is 11.3 Å². The van der Waals surface area contributed by atoms with Gasteiger partial charge in [0.15, 0.2) is 0 Å². The van der Waals surface area contributed by atoms with Crippen LogP contribution in [0.2, 0.25) is 0 Å². The van der Waals surface area contributed by atoms with Gasteiger partial charge in [0.25, 0.3) is 0 Å². The van der Waals surface area contributed by atoms with Crippen molar-refractivity contribution in [3.05, 3.63) is 0 Å². The Kier molecular flexibility index (Phi) is 4.25. The third-order valence-corrected chi connectivity index (χ3v) is 9.16. The molecule has 0 aliphatic heterocycles. The summed E-state index contributed by atoms with van der Waals surface area (Å²) in [6.07, 6.45) is 6.58. The molecule has 0 bridgehead atoms. The lowest BCUT2D eigenvalue weighted by Crippen LogP contribution is -2.60. The van der Waals surface area contributed by atoms with E-state index in [4.69, 9.17) is 11.6 Å². The fourth-order valence-electron chi connectivity index (χ4n) is 7.50. The summed E-state index contributed by atoms with van der Waals surface area (Å²) in [5.74, 6) is 4.34. The van der Waals surface area contributed by atoms with Crippen molar-refractivity contribution in [1.82, 2.24) is 0 Å². The molecular weight excluding hydrogens is 336 g/mol. The van der Waals surface area contributed by atoms with Gasteiger partial charge >= 0.3 is 0 Å². The van der Waals surface area contributed by atoms with Crippen molar-refractivity contribution in [2.75, 3.05) is 0 Å². The van der Waals surface area contributed by atoms with E-state index in [0.29, 0.717) is 24.2 Å². The molecule has 25 heavy (non-hydrogen) atoms. The Morgan fingerprint density at radius 2 is 1.68 bits per heavy atom. The molecule has 4 saturated carbocycles. The minimum atomic E-state index is -1.02. The van der Waals surface area contributed by atoms with E-state index < -0.39 is 5.60 Å². The van der Waals surface area contributed by atoms with Crippen LogP contribution < -0.4 is 0 Å². The summed E-state index contributed by atoms with van der Waals surface area (Å²) in [7, 11) is 0. The van der Waals surface area contributed by atoms with Crippen molar-refractivity contribution in [2.24, 2.45) is 34.5 Å². The van der Waals surface area contributed by atoms with Gasteiger partial charge in [-0.15, -0.1) is 0 Å². The van der Waals surface area contributed by atoms with Crippen LogP contribution in [0.4, 0.5) is 0 Å². The van der Waals surface area contributed by atoms with Crippen LogP contribution in [-0.4, -0.2) is 33.1 Å². The van der Waals surface area contributed by atoms with Crippen molar-refractivity contribution in [2.45, 2.75) is 83.0 Å². The summed E-state index contributed by atoms with van der Waals surface area (Å²) in [4.78, 5) is 0. The normalized spacial score (nSPS) is 57.7. The van der Waals surface area contributed by atoms with Gasteiger partial charge < -0.3 is 15.3 Å². The first-order valence-corrected chi connectivity index (χ1v) is 10.3. The van der Waals surface area contributed by atoms with Crippen molar-refractivity contribution >= 4 is 11.6 Å². The number of rotatable bonds is 0. The standard InChI is InChI=1S/C21H31ClO3/c1-19-6-3-14(23)11-13(19)12-17(24)18-15(19)4-7-20(2)16(18)5-8-21(20,25)9-10-22/h13-18,23-25H,3-8,11-12H2,1-2H3/t13?,14?,15-,16+,17?,18-,19+,20+,21?/m1/s1. The molecule has 3 N–H and O–H groups in total. The highest BCUT2D eigenvalue weighted by Crippen LogP contribution is 2.68. The molecule has 9 atom stereocenters. The zero-order valence-electron chi connectivity index (χ0n) is 15.3. The Labute approximate surface area is 156 Å². The highest BCUT2D eigenvalue weighted by Gasteiger charge is 2.66. The van der Waals surface area contributed by atoms with E-state index in [0.717, 1.165) is 44.9 Å². The molecule has 3 nitrogen and oxygen atoms in total. The maximum absolute atomic E-state index is 11.2. The molecule has 0 aromatic carbocycles. The van der Waals surface area contributed by atoms with Gasteiger partial charge in [-0.25, -0.2) is 0 Å². The summed E-state index contributed by atoms with van der Waals surface area (Å²) in [5.41, 5.74) is -1.09. The number of halogens is 1. The maximum Gasteiger partial charge on any atom is 0.132 e. The smallest absolute Gasteiger partial charge is 0.132 e. The molecule has 4 heteroatoms.